The van der Waals surface area contributed by atoms with Crippen LogP contribution in [0.4, 0.5) is 13.2 Å². The predicted molar refractivity (Wildman–Crippen MR) is 164 cm³/mol. The molecule has 0 saturated carbocycles. The van der Waals surface area contributed by atoms with Crippen LogP contribution >= 0.6 is 0 Å². The lowest BCUT2D eigenvalue weighted by atomic mass is 9.98. The summed E-state index contributed by atoms with van der Waals surface area (Å²) in [5, 5.41) is 5.72. The molecule has 0 bridgehead atoms. The van der Waals surface area contributed by atoms with E-state index in [0.29, 0.717) is 40.9 Å². The number of alkyl halides is 3. The molecule has 4 rings (SSSR count). The van der Waals surface area contributed by atoms with Crippen LogP contribution in [0.25, 0.3) is 11.1 Å². The average molecular weight is 602 g/mol. The van der Waals surface area contributed by atoms with Crippen LogP contribution in [0.5, 0.6) is 0 Å². The number of nitrogens with one attached hydrogen (secondary N) is 2. The minimum absolute atomic E-state index is 0.162. The Morgan fingerprint density at radius 2 is 1.41 bits per heavy atom. The molecule has 4 aromatic rings. The highest BCUT2D eigenvalue weighted by atomic mass is 19.4. The first-order valence-electron chi connectivity index (χ1n) is 14.4. The third kappa shape index (κ3) is 7.92. The van der Waals surface area contributed by atoms with Crippen LogP contribution in [0.2, 0.25) is 0 Å². The molecule has 0 saturated heterocycles. The van der Waals surface area contributed by atoms with Crippen LogP contribution in [0, 0.1) is 0 Å². The van der Waals surface area contributed by atoms with E-state index >= 15 is 0 Å². The maximum Gasteiger partial charge on any atom is 0.416 e. The molecule has 0 radical (unpaired) electrons. The summed E-state index contributed by atoms with van der Waals surface area (Å²) in [6.45, 7) is 5.18. The van der Waals surface area contributed by atoms with Gasteiger partial charge in [0.05, 0.1) is 5.56 Å². The van der Waals surface area contributed by atoms with E-state index in [9.17, 15) is 27.6 Å². The fraction of sp³-hybridized carbons (Fsp3) is 0.229. The maximum atomic E-state index is 13.3. The summed E-state index contributed by atoms with van der Waals surface area (Å²) >= 11 is 0. The van der Waals surface area contributed by atoms with E-state index < -0.39 is 23.7 Å². The number of likely N-dealkylation sites (N-methyl/N-ethyl adjacent to an activating group) is 1. The molecule has 0 aromatic heterocycles. The number of benzene rings is 4. The quantitative estimate of drug-likeness (QED) is 0.194. The molecule has 0 unspecified atom stereocenters. The van der Waals surface area contributed by atoms with Crippen molar-refractivity contribution in [3.05, 3.63) is 131 Å². The van der Waals surface area contributed by atoms with E-state index in [1.807, 2.05) is 44.2 Å². The van der Waals surface area contributed by atoms with Gasteiger partial charge >= 0.3 is 6.18 Å². The molecule has 6 nitrogen and oxygen atoms in total. The molecule has 0 aliphatic carbocycles. The molecule has 0 spiro atoms. The van der Waals surface area contributed by atoms with Gasteiger partial charge in [-0.15, -0.1) is 0 Å². The molecule has 4 aromatic carbocycles. The molecule has 3 amide bonds. The van der Waals surface area contributed by atoms with Crippen LogP contribution in [0.15, 0.2) is 103 Å². The van der Waals surface area contributed by atoms with Gasteiger partial charge in [-0.05, 0) is 65.9 Å². The van der Waals surface area contributed by atoms with Crippen molar-refractivity contribution in [1.29, 1.82) is 0 Å². The van der Waals surface area contributed by atoms with Gasteiger partial charge in [-0.3, -0.25) is 14.4 Å². The van der Waals surface area contributed by atoms with Crippen molar-refractivity contribution in [3.8, 4) is 11.1 Å². The van der Waals surface area contributed by atoms with Crippen molar-refractivity contribution in [3.63, 3.8) is 0 Å². The third-order valence-electron chi connectivity index (χ3n) is 7.21. The number of rotatable bonds is 11. The first-order valence-corrected chi connectivity index (χ1v) is 14.4. The van der Waals surface area contributed by atoms with E-state index in [2.05, 4.69) is 10.6 Å². The molecule has 44 heavy (non-hydrogen) atoms. The first-order chi connectivity index (χ1) is 21.1. The van der Waals surface area contributed by atoms with E-state index in [0.717, 1.165) is 24.1 Å². The normalized spacial score (nSPS) is 11.8. The van der Waals surface area contributed by atoms with Crippen molar-refractivity contribution < 1.29 is 27.6 Å². The van der Waals surface area contributed by atoms with Crippen LogP contribution in [-0.2, 0) is 17.5 Å². The Kier molecular flexibility index (Phi) is 10.6. The Labute approximate surface area is 254 Å². The second kappa shape index (κ2) is 14.5. The SMILES string of the molecule is CCCN(CC)C(=O)[C@@H](NC(=O)c1ccc(CNC(=O)c2ccccc2-c2ccc(C(F)(F)F)cc2)cc1)c1ccccc1. The van der Waals surface area contributed by atoms with Gasteiger partial charge in [-0.1, -0.05) is 79.7 Å². The highest BCUT2D eigenvalue weighted by Crippen LogP contribution is 2.32. The van der Waals surface area contributed by atoms with Gasteiger partial charge in [0, 0.05) is 30.8 Å². The van der Waals surface area contributed by atoms with Crippen LogP contribution in [-0.4, -0.2) is 35.7 Å². The highest BCUT2D eigenvalue weighted by Gasteiger charge is 2.30. The second-order valence-corrected chi connectivity index (χ2v) is 10.2. The number of hydrogen-bond donors (Lipinski definition) is 2. The monoisotopic (exact) mass is 601 g/mol. The summed E-state index contributed by atoms with van der Waals surface area (Å²) < 4.78 is 39.0. The van der Waals surface area contributed by atoms with Crippen LogP contribution < -0.4 is 10.6 Å². The van der Waals surface area contributed by atoms with Crippen LogP contribution in [0.1, 0.15) is 63.7 Å². The van der Waals surface area contributed by atoms with E-state index in [-0.39, 0.29) is 18.4 Å². The number of nitrogens with zero attached hydrogens (tertiary/aromatic N) is 1. The Morgan fingerprint density at radius 1 is 0.773 bits per heavy atom. The summed E-state index contributed by atoms with van der Waals surface area (Å²) in [6.07, 6.45) is -3.65. The fourth-order valence-corrected chi connectivity index (χ4v) is 4.85. The number of carbonyl (C=O) groups excluding carboxylic acids is 3. The topological polar surface area (TPSA) is 78.5 Å². The molecule has 0 aliphatic heterocycles. The Morgan fingerprint density at radius 3 is 2.02 bits per heavy atom. The maximum absolute atomic E-state index is 13.3. The third-order valence-corrected chi connectivity index (χ3v) is 7.21. The molecular weight excluding hydrogens is 567 g/mol. The smallest absolute Gasteiger partial charge is 0.348 e. The fourth-order valence-electron chi connectivity index (χ4n) is 4.85. The summed E-state index contributed by atoms with van der Waals surface area (Å²) in [4.78, 5) is 41.3. The molecule has 1 atom stereocenters. The second-order valence-electron chi connectivity index (χ2n) is 10.2. The zero-order valence-electron chi connectivity index (χ0n) is 24.5. The largest absolute Gasteiger partial charge is 0.416 e. The number of carbonyl (C=O) groups is 3. The van der Waals surface area contributed by atoms with Crippen molar-refractivity contribution in [2.45, 2.75) is 39.0 Å². The van der Waals surface area contributed by atoms with E-state index in [1.165, 1.54) is 12.1 Å². The Balaban J connectivity index is 1.43. The predicted octanol–water partition coefficient (Wildman–Crippen LogP) is 7.03. The minimum Gasteiger partial charge on any atom is -0.348 e. The zero-order valence-corrected chi connectivity index (χ0v) is 24.5. The van der Waals surface area contributed by atoms with Crippen LogP contribution in [0.3, 0.4) is 0 Å². The minimum atomic E-state index is -4.45. The summed E-state index contributed by atoms with van der Waals surface area (Å²) in [5.41, 5.74) is 2.34. The highest BCUT2D eigenvalue weighted by molar-refractivity contribution is 6.01. The lowest BCUT2D eigenvalue weighted by molar-refractivity contribution is -0.137. The van der Waals surface area contributed by atoms with E-state index in [4.69, 9.17) is 0 Å². The average Bonchev–Trinajstić information content (AvgIpc) is 3.05. The van der Waals surface area contributed by atoms with Gasteiger partial charge in [0.15, 0.2) is 0 Å². The molecular formula is C35H34F3N3O3. The van der Waals surface area contributed by atoms with Crippen molar-refractivity contribution in [2.75, 3.05) is 13.1 Å². The zero-order chi connectivity index (χ0) is 31.7. The van der Waals surface area contributed by atoms with Gasteiger partial charge in [0.25, 0.3) is 11.8 Å². The Hall–Kier alpha value is -4.92. The lowest BCUT2D eigenvalue weighted by Crippen LogP contribution is -2.43. The molecule has 9 heteroatoms. The lowest BCUT2D eigenvalue weighted by Gasteiger charge is -2.27. The van der Waals surface area contributed by atoms with Gasteiger partial charge < -0.3 is 15.5 Å². The van der Waals surface area contributed by atoms with Gasteiger partial charge in [0.1, 0.15) is 6.04 Å². The number of halogens is 3. The number of hydrogen-bond acceptors (Lipinski definition) is 3. The van der Waals surface area contributed by atoms with Crippen molar-refractivity contribution >= 4 is 17.7 Å². The molecule has 2 N–H and O–H groups in total. The summed E-state index contributed by atoms with van der Waals surface area (Å²) in [5.74, 6) is -0.968. The standard InChI is InChI=1S/C35H34F3N3O3/c1-3-22-41(4-2)34(44)31(26-10-6-5-7-11-26)40-32(42)27-16-14-24(15-17-27)23-39-33(43)30-13-9-8-12-29(30)25-18-20-28(21-19-25)35(36,37)38/h5-21,31H,3-4,22-23H2,1-2H3,(H,39,43)(H,40,42)/t31-/m0/s1. The van der Waals surface area contributed by atoms with Gasteiger partial charge in [-0.25, -0.2) is 0 Å². The Bertz CT molecular complexity index is 1570. The molecule has 0 heterocycles. The number of amides is 3. The van der Waals surface area contributed by atoms with Crippen molar-refractivity contribution in [2.24, 2.45) is 0 Å². The van der Waals surface area contributed by atoms with Crippen molar-refractivity contribution in [1.82, 2.24) is 15.5 Å². The van der Waals surface area contributed by atoms with Gasteiger partial charge in [0.2, 0.25) is 5.91 Å². The summed E-state index contributed by atoms with van der Waals surface area (Å²) in [7, 11) is 0. The van der Waals surface area contributed by atoms with E-state index in [1.54, 1.807) is 53.4 Å². The molecule has 228 valence electrons. The first kappa shape index (κ1) is 32.0. The molecule has 0 aliphatic rings. The summed E-state index contributed by atoms with van der Waals surface area (Å²) in [6, 6.07) is 26.3. The van der Waals surface area contributed by atoms with Gasteiger partial charge in [-0.2, -0.15) is 13.2 Å². The molecule has 0 fully saturated rings.